The molecule has 0 heterocycles. The summed E-state index contributed by atoms with van der Waals surface area (Å²) in [6, 6.07) is -0.513. The molecule has 0 amide bonds. The first-order valence-electron chi connectivity index (χ1n) is 4.38. The van der Waals surface area contributed by atoms with Gasteiger partial charge in [0.1, 0.15) is 0 Å². The predicted molar refractivity (Wildman–Crippen MR) is 42.7 cm³/mol. The van der Waals surface area contributed by atoms with Gasteiger partial charge in [-0.05, 0) is 6.42 Å². The number of carbonyl (C=O) groups is 1. The Morgan fingerprint density at radius 1 is 1.23 bits per heavy atom. The number of nitrogens with two attached hydrogens (primary N) is 1. The van der Waals surface area contributed by atoms with E-state index in [-0.39, 0.29) is 11.8 Å². The topological polar surface area (TPSA) is 104 Å². The number of aliphatic hydroxyl groups excluding tert-OH is 2. The average molecular weight is 187 g/mol. The Labute approximate surface area is 75.2 Å². The van der Waals surface area contributed by atoms with Gasteiger partial charge in [-0.15, -0.1) is 0 Å². The van der Waals surface area contributed by atoms with Gasteiger partial charge in [-0.25, -0.2) is 0 Å². The van der Waals surface area contributed by atoms with Crippen molar-refractivity contribution in [1.29, 1.82) is 0 Å². The van der Waals surface area contributed by atoms with E-state index in [1.807, 2.05) is 0 Å². The molecular weight excluding hydrogens is 174 g/mol. The third-order valence-corrected chi connectivity index (χ3v) is 3.43. The molecule has 5 heteroatoms. The zero-order valence-corrected chi connectivity index (χ0v) is 7.00. The summed E-state index contributed by atoms with van der Waals surface area (Å²) in [5.74, 6) is -2.28. The van der Waals surface area contributed by atoms with Crippen molar-refractivity contribution >= 4 is 5.97 Å². The number of rotatable bonds is 1. The number of hydrogen-bond acceptors (Lipinski definition) is 4. The molecule has 0 aliphatic heterocycles. The van der Waals surface area contributed by atoms with E-state index >= 15 is 0 Å². The van der Waals surface area contributed by atoms with Gasteiger partial charge in [0.2, 0.25) is 0 Å². The molecule has 0 aromatic carbocycles. The van der Waals surface area contributed by atoms with Crippen LogP contribution in [0.3, 0.4) is 0 Å². The summed E-state index contributed by atoms with van der Waals surface area (Å²) in [5.41, 5.74) is 5.67. The van der Waals surface area contributed by atoms with Crippen LogP contribution in [0.1, 0.15) is 6.42 Å². The molecule has 2 aliphatic carbocycles. The first kappa shape index (κ1) is 8.93. The fraction of sp³-hybridized carbons (Fsp3) is 0.875. The molecule has 2 rings (SSSR count). The number of hydrogen-bond donors (Lipinski definition) is 4. The van der Waals surface area contributed by atoms with Crippen LogP contribution < -0.4 is 5.73 Å². The zero-order chi connectivity index (χ0) is 9.75. The van der Waals surface area contributed by atoms with Crippen molar-refractivity contribution in [3.63, 3.8) is 0 Å². The van der Waals surface area contributed by atoms with Crippen molar-refractivity contribution in [3.8, 4) is 0 Å². The highest BCUT2D eigenvalue weighted by Crippen LogP contribution is 2.47. The highest BCUT2D eigenvalue weighted by molar-refractivity contribution is 5.72. The lowest BCUT2D eigenvalue weighted by Crippen LogP contribution is -2.51. The van der Waals surface area contributed by atoms with Crippen molar-refractivity contribution < 1.29 is 20.1 Å². The monoisotopic (exact) mass is 187 g/mol. The van der Waals surface area contributed by atoms with Crippen LogP contribution in [-0.2, 0) is 4.79 Å². The van der Waals surface area contributed by atoms with Gasteiger partial charge >= 0.3 is 5.97 Å². The Kier molecular flexibility index (Phi) is 1.83. The number of aliphatic hydroxyl groups is 2. The molecule has 6 atom stereocenters. The van der Waals surface area contributed by atoms with Crippen molar-refractivity contribution in [3.05, 3.63) is 0 Å². The van der Waals surface area contributed by atoms with E-state index in [0.29, 0.717) is 6.42 Å². The van der Waals surface area contributed by atoms with Crippen molar-refractivity contribution in [2.24, 2.45) is 23.5 Å². The lowest BCUT2D eigenvalue weighted by atomic mass is 9.81. The zero-order valence-electron chi connectivity index (χ0n) is 7.00. The van der Waals surface area contributed by atoms with Gasteiger partial charge in [-0.3, -0.25) is 4.79 Å². The molecule has 0 radical (unpaired) electrons. The Balaban J connectivity index is 2.24. The van der Waals surface area contributed by atoms with Gasteiger partial charge in [-0.1, -0.05) is 0 Å². The molecule has 0 aromatic rings. The fourth-order valence-electron chi connectivity index (χ4n) is 2.74. The lowest BCUT2D eigenvalue weighted by Gasteiger charge is -2.32. The first-order valence-corrected chi connectivity index (χ1v) is 4.38. The van der Waals surface area contributed by atoms with Gasteiger partial charge in [0, 0.05) is 17.9 Å². The minimum atomic E-state index is -0.967. The normalized spacial score (nSPS) is 54.1. The summed E-state index contributed by atoms with van der Waals surface area (Å²) in [6.45, 7) is 0. The highest BCUT2D eigenvalue weighted by Gasteiger charge is 2.58. The van der Waals surface area contributed by atoms with E-state index in [4.69, 9.17) is 10.8 Å². The third kappa shape index (κ3) is 1.01. The third-order valence-electron chi connectivity index (χ3n) is 3.43. The molecule has 2 fully saturated rings. The Morgan fingerprint density at radius 3 is 2.23 bits per heavy atom. The van der Waals surface area contributed by atoms with E-state index in [2.05, 4.69) is 0 Å². The van der Waals surface area contributed by atoms with Crippen LogP contribution in [0.5, 0.6) is 0 Å². The number of fused-ring (bicyclic) bond motifs is 2. The van der Waals surface area contributed by atoms with Gasteiger partial charge < -0.3 is 21.1 Å². The van der Waals surface area contributed by atoms with Crippen LogP contribution >= 0.6 is 0 Å². The summed E-state index contributed by atoms with van der Waals surface area (Å²) >= 11 is 0. The molecule has 0 saturated heterocycles. The maximum absolute atomic E-state index is 10.8. The van der Waals surface area contributed by atoms with E-state index in [1.165, 1.54) is 0 Å². The van der Waals surface area contributed by atoms with Gasteiger partial charge in [0.15, 0.2) is 0 Å². The second-order valence-electron chi connectivity index (χ2n) is 3.99. The maximum Gasteiger partial charge on any atom is 0.308 e. The summed E-state index contributed by atoms with van der Waals surface area (Å²) in [4.78, 5) is 10.8. The van der Waals surface area contributed by atoms with Crippen molar-refractivity contribution in [2.75, 3.05) is 0 Å². The molecule has 5 N–H and O–H groups in total. The number of carboxylic acids is 1. The molecule has 5 nitrogen and oxygen atoms in total. The molecule has 0 unspecified atom stereocenters. The smallest absolute Gasteiger partial charge is 0.308 e. The Hall–Kier alpha value is -0.650. The summed E-state index contributed by atoms with van der Waals surface area (Å²) in [7, 11) is 0. The van der Waals surface area contributed by atoms with E-state index in [9.17, 15) is 15.0 Å². The van der Waals surface area contributed by atoms with Crippen molar-refractivity contribution in [1.82, 2.24) is 0 Å². The SMILES string of the molecule is N[C@H]1[C@H]2C[C@H]([C@H](O)[C@@H]2O)[C@H]1C(=O)O. The van der Waals surface area contributed by atoms with Gasteiger partial charge in [0.05, 0.1) is 18.1 Å². The van der Waals surface area contributed by atoms with E-state index in [1.54, 1.807) is 0 Å². The Bertz CT molecular complexity index is 244. The molecule has 0 spiro atoms. The molecule has 2 saturated carbocycles. The minimum absolute atomic E-state index is 0.249. The Morgan fingerprint density at radius 2 is 1.77 bits per heavy atom. The molecule has 74 valence electrons. The van der Waals surface area contributed by atoms with Crippen LogP contribution in [0.4, 0.5) is 0 Å². The minimum Gasteiger partial charge on any atom is -0.481 e. The molecule has 0 aromatic heterocycles. The largest absolute Gasteiger partial charge is 0.481 e. The van der Waals surface area contributed by atoms with Gasteiger partial charge in [0.25, 0.3) is 0 Å². The van der Waals surface area contributed by atoms with Crippen molar-refractivity contribution in [2.45, 2.75) is 24.7 Å². The van der Waals surface area contributed by atoms with Crippen LogP contribution in [0.15, 0.2) is 0 Å². The molecule has 2 aliphatic rings. The molecule has 13 heavy (non-hydrogen) atoms. The van der Waals surface area contributed by atoms with Crippen LogP contribution in [0, 0.1) is 17.8 Å². The van der Waals surface area contributed by atoms with Crippen LogP contribution in [0.25, 0.3) is 0 Å². The average Bonchev–Trinajstić information content (AvgIpc) is 2.50. The second-order valence-corrected chi connectivity index (χ2v) is 3.99. The van der Waals surface area contributed by atoms with E-state index in [0.717, 1.165) is 0 Å². The quantitative estimate of drug-likeness (QED) is 0.395. The molecule has 2 bridgehead atoms. The first-order chi connectivity index (χ1) is 6.04. The highest BCUT2D eigenvalue weighted by atomic mass is 16.4. The predicted octanol–water partition coefficient (Wildman–Crippen LogP) is -1.61. The second kappa shape index (κ2) is 2.67. The number of carboxylic acid groups (broad SMARTS) is 1. The van der Waals surface area contributed by atoms with Gasteiger partial charge in [-0.2, -0.15) is 0 Å². The number of aliphatic carboxylic acids is 1. The molecular formula is C8H13NO4. The standard InChI is InChI=1S/C8H13NO4/c9-5-3-1-2(4(5)8(12)13)6(10)7(3)11/h2-7,10-11H,1,9H2,(H,12,13)/t2-,3+,4+,5-,6-,7+/m0/s1. The fourth-order valence-corrected chi connectivity index (χ4v) is 2.74. The maximum atomic E-state index is 10.8. The summed E-state index contributed by atoms with van der Waals surface area (Å²) in [6.07, 6.45) is -1.22. The van der Waals surface area contributed by atoms with E-state index < -0.39 is 30.1 Å². The summed E-state index contributed by atoms with van der Waals surface area (Å²) in [5, 5.41) is 27.7. The lowest BCUT2D eigenvalue weighted by molar-refractivity contribution is -0.148. The van der Waals surface area contributed by atoms with Crippen LogP contribution in [0.2, 0.25) is 0 Å². The van der Waals surface area contributed by atoms with Crippen LogP contribution in [-0.4, -0.2) is 39.5 Å². The summed E-state index contributed by atoms with van der Waals surface area (Å²) < 4.78 is 0.